The molecule has 1 amide bonds. The van der Waals surface area contributed by atoms with Crippen LogP contribution in [0.1, 0.15) is 15.2 Å². The number of rotatable bonds is 4. The van der Waals surface area contributed by atoms with Crippen LogP contribution in [0.2, 0.25) is 5.02 Å². The number of tetrazole rings is 1. The molecule has 0 radical (unpaired) electrons. The summed E-state index contributed by atoms with van der Waals surface area (Å²) >= 11 is 11.1. The molecule has 3 rings (SSSR count). The van der Waals surface area contributed by atoms with E-state index in [1.807, 2.05) is 11.4 Å². The molecule has 0 aliphatic heterocycles. The summed E-state index contributed by atoms with van der Waals surface area (Å²) in [6.45, 7) is 0.511. The van der Waals surface area contributed by atoms with E-state index in [0.29, 0.717) is 22.8 Å². The predicted molar refractivity (Wildman–Crippen MR) is 92.0 cm³/mol. The minimum atomic E-state index is -0.150. The zero-order valence-corrected chi connectivity index (χ0v) is 15.1. The molecule has 0 aliphatic rings. The Hall–Kier alpha value is -1.77. The minimum Gasteiger partial charge on any atom is -0.336 e. The van der Waals surface area contributed by atoms with Gasteiger partial charge in [0, 0.05) is 26.8 Å². The van der Waals surface area contributed by atoms with Crippen molar-refractivity contribution in [3.05, 3.63) is 55.9 Å². The fourth-order valence-electron chi connectivity index (χ4n) is 2.10. The van der Waals surface area contributed by atoms with Crippen molar-refractivity contribution in [3.63, 3.8) is 0 Å². The first-order valence-corrected chi connectivity index (χ1v) is 8.61. The van der Waals surface area contributed by atoms with Gasteiger partial charge < -0.3 is 4.90 Å². The zero-order chi connectivity index (χ0) is 16.4. The lowest BCUT2D eigenvalue weighted by atomic mass is 10.1. The number of benzene rings is 1. The molecular weight excluding hydrogens is 402 g/mol. The molecule has 0 saturated carbocycles. The SMILES string of the molecule is CN(Cc1cc(Br)cs1)C(=O)c1cc(Cl)ccc1-n1cnnn1. The number of halogens is 2. The van der Waals surface area contributed by atoms with E-state index >= 15 is 0 Å². The highest BCUT2D eigenvalue weighted by molar-refractivity contribution is 9.10. The van der Waals surface area contributed by atoms with Gasteiger partial charge in [-0.15, -0.1) is 16.4 Å². The van der Waals surface area contributed by atoms with Crippen LogP contribution in [0.4, 0.5) is 0 Å². The molecule has 118 valence electrons. The van der Waals surface area contributed by atoms with E-state index in [-0.39, 0.29) is 5.91 Å². The molecule has 3 aromatic rings. The van der Waals surface area contributed by atoms with Gasteiger partial charge in [-0.3, -0.25) is 4.79 Å². The molecule has 2 aromatic heterocycles. The number of carbonyl (C=O) groups excluding carboxylic acids is 1. The molecule has 23 heavy (non-hydrogen) atoms. The molecule has 9 heteroatoms. The summed E-state index contributed by atoms with van der Waals surface area (Å²) in [6.07, 6.45) is 1.44. The second-order valence-corrected chi connectivity index (χ2v) is 7.16. The van der Waals surface area contributed by atoms with Crippen molar-refractivity contribution in [2.24, 2.45) is 0 Å². The van der Waals surface area contributed by atoms with Crippen LogP contribution in [0.3, 0.4) is 0 Å². The van der Waals surface area contributed by atoms with Crippen LogP contribution in [-0.2, 0) is 6.54 Å². The lowest BCUT2D eigenvalue weighted by Crippen LogP contribution is -2.27. The van der Waals surface area contributed by atoms with Crippen LogP contribution in [0, 0.1) is 0 Å². The Bertz CT molecular complexity index is 836. The number of aromatic nitrogens is 4. The van der Waals surface area contributed by atoms with Gasteiger partial charge in [0.2, 0.25) is 0 Å². The number of carbonyl (C=O) groups is 1. The van der Waals surface area contributed by atoms with E-state index < -0.39 is 0 Å². The molecule has 0 unspecified atom stereocenters. The van der Waals surface area contributed by atoms with E-state index in [1.165, 1.54) is 11.0 Å². The summed E-state index contributed by atoms with van der Waals surface area (Å²) < 4.78 is 2.45. The first-order valence-electron chi connectivity index (χ1n) is 6.56. The Morgan fingerprint density at radius 1 is 1.43 bits per heavy atom. The van der Waals surface area contributed by atoms with Crippen LogP contribution in [-0.4, -0.2) is 38.1 Å². The summed E-state index contributed by atoms with van der Waals surface area (Å²) in [4.78, 5) is 15.5. The van der Waals surface area contributed by atoms with Gasteiger partial charge in [0.05, 0.1) is 17.8 Å². The number of hydrogen-bond donors (Lipinski definition) is 0. The maximum atomic E-state index is 12.8. The van der Waals surface area contributed by atoms with Crippen molar-refractivity contribution in [2.75, 3.05) is 7.05 Å². The van der Waals surface area contributed by atoms with Crippen molar-refractivity contribution < 1.29 is 4.79 Å². The lowest BCUT2D eigenvalue weighted by Gasteiger charge is -2.18. The fourth-order valence-corrected chi connectivity index (χ4v) is 3.77. The lowest BCUT2D eigenvalue weighted by molar-refractivity contribution is 0.0786. The third kappa shape index (κ3) is 3.60. The van der Waals surface area contributed by atoms with Gasteiger partial charge in [0.1, 0.15) is 6.33 Å². The highest BCUT2D eigenvalue weighted by Gasteiger charge is 2.19. The van der Waals surface area contributed by atoms with Crippen molar-refractivity contribution >= 4 is 44.8 Å². The fraction of sp³-hybridized carbons (Fsp3) is 0.143. The highest BCUT2D eigenvalue weighted by atomic mass is 79.9. The molecule has 0 bridgehead atoms. The molecule has 6 nitrogen and oxygen atoms in total. The maximum absolute atomic E-state index is 12.8. The van der Waals surface area contributed by atoms with Gasteiger partial charge in [-0.05, 0) is 50.6 Å². The smallest absolute Gasteiger partial charge is 0.256 e. The van der Waals surface area contributed by atoms with Crippen molar-refractivity contribution in [3.8, 4) is 5.69 Å². The summed E-state index contributed by atoms with van der Waals surface area (Å²) in [7, 11) is 1.75. The molecule has 0 N–H and O–H groups in total. The molecule has 0 saturated heterocycles. The molecule has 0 aliphatic carbocycles. The van der Waals surface area contributed by atoms with E-state index in [0.717, 1.165) is 9.35 Å². The van der Waals surface area contributed by atoms with Crippen LogP contribution < -0.4 is 0 Å². The predicted octanol–water partition coefficient (Wildman–Crippen LogP) is 3.41. The van der Waals surface area contributed by atoms with Gasteiger partial charge in [-0.25, -0.2) is 0 Å². The number of thiophene rings is 1. The number of amides is 1. The third-order valence-electron chi connectivity index (χ3n) is 3.15. The average molecular weight is 413 g/mol. The van der Waals surface area contributed by atoms with Crippen molar-refractivity contribution in [2.45, 2.75) is 6.54 Å². The first kappa shape index (κ1) is 16.1. The first-order chi connectivity index (χ1) is 11.0. The Morgan fingerprint density at radius 2 is 2.26 bits per heavy atom. The topological polar surface area (TPSA) is 63.9 Å². The van der Waals surface area contributed by atoms with E-state index in [4.69, 9.17) is 11.6 Å². The summed E-state index contributed by atoms with van der Waals surface area (Å²) in [5.74, 6) is -0.150. The van der Waals surface area contributed by atoms with E-state index in [1.54, 1.807) is 41.5 Å². The zero-order valence-electron chi connectivity index (χ0n) is 12.0. The van der Waals surface area contributed by atoms with Crippen LogP contribution >= 0.6 is 38.9 Å². The average Bonchev–Trinajstić information content (AvgIpc) is 3.18. The van der Waals surface area contributed by atoms with Gasteiger partial charge >= 0.3 is 0 Å². The van der Waals surface area contributed by atoms with E-state index in [9.17, 15) is 4.79 Å². The van der Waals surface area contributed by atoms with Gasteiger partial charge in [0.25, 0.3) is 5.91 Å². The van der Waals surface area contributed by atoms with Gasteiger partial charge in [-0.2, -0.15) is 4.68 Å². The van der Waals surface area contributed by atoms with Gasteiger partial charge in [-0.1, -0.05) is 11.6 Å². The monoisotopic (exact) mass is 411 g/mol. The van der Waals surface area contributed by atoms with Crippen LogP contribution in [0.25, 0.3) is 5.69 Å². The highest BCUT2D eigenvalue weighted by Crippen LogP contribution is 2.24. The standard InChI is InChI=1S/C14H11BrClN5OS/c1-20(6-11-4-9(15)7-23-11)14(22)12-5-10(16)2-3-13(12)21-8-17-18-19-21/h2-5,7-8H,6H2,1H3. The normalized spacial score (nSPS) is 10.7. The van der Waals surface area contributed by atoms with E-state index in [2.05, 4.69) is 31.5 Å². The van der Waals surface area contributed by atoms with Crippen LogP contribution in [0.5, 0.6) is 0 Å². The van der Waals surface area contributed by atoms with Gasteiger partial charge in [0.15, 0.2) is 0 Å². The molecule has 1 aromatic carbocycles. The molecule has 0 atom stereocenters. The second-order valence-electron chi connectivity index (χ2n) is 4.81. The third-order valence-corrected chi connectivity index (χ3v) is 5.06. The Kier molecular flexibility index (Phi) is 4.74. The van der Waals surface area contributed by atoms with Crippen molar-refractivity contribution in [1.82, 2.24) is 25.1 Å². The summed E-state index contributed by atoms with van der Waals surface area (Å²) in [5, 5.41) is 13.5. The second kappa shape index (κ2) is 6.77. The Balaban J connectivity index is 1.90. The quantitative estimate of drug-likeness (QED) is 0.659. The number of nitrogens with zero attached hydrogens (tertiary/aromatic N) is 5. The molecule has 2 heterocycles. The Labute approximate surface area is 149 Å². The van der Waals surface area contributed by atoms with Crippen molar-refractivity contribution in [1.29, 1.82) is 0 Å². The minimum absolute atomic E-state index is 0.150. The van der Waals surface area contributed by atoms with Crippen LogP contribution in [0.15, 0.2) is 40.4 Å². The molecule has 0 fully saturated rings. The maximum Gasteiger partial charge on any atom is 0.256 e. The summed E-state index contributed by atoms with van der Waals surface area (Å²) in [5.41, 5.74) is 1.03. The molecular formula is C14H11BrClN5OS. The summed E-state index contributed by atoms with van der Waals surface area (Å²) in [6, 6.07) is 7.05. The molecule has 0 spiro atoms. The Morgan fingerprint density at radius 3 is 2.91 bits per heavy atom. The number of hydrogen-bond acceptors (Lipinski definition) is 5. The largest absolute Gasteiger partial charge is 0.336 e.